The minimum Gasteiger partial charge on any atom is -0.508 e. The molecule has 3 aliphatic heterocycles. The molecule has 1 saturated heterocycles. The van der Waals surface area contributed by atoms with E-state index in [0.29, 0.717) is 18.8 Å². The average Bonchev–Trinajstić information content (AvgIpc) is 3.54. The molecule has 1 fully saturated rings. The van der Waals surface area contributed by atoms with Gasteiger partial charge in [0.05, 0.1) is 13.3 Å². The first-order valence-corrected chi connectivity index (χ1v) is 13.7. The summed E-state index contributed by atoms with van der Waals surface area (Å²) in [7, 11) is 0. The number of benzene rings is 3. The van der Waals surface area contributed by atoms with E-state index in [-0.39, 0.29) is 18.5 Å². The van der Waals surface area contributed by atoms with Crippen molar-refractivity contribution < 1.29 is 19.0 Å². The maximum Gasteiger partial charge on any atom is 0.130 e. The lowest BCUT2D eigenvalue weighted by atomic mass is 9.87. The first kappa shape index (κ1) is 24.8. The number of hydrogen-bond donors (Lipinski definition) is 2. The zero-order valence-electron chi connectivity index (χ0n) is 21.9. The zero-order chi connectivity index (χ0) is 26.1. The summed E-state index contributed by atoms with van der Waals surface area (Å²) in [5, 5.41) is 13.9. The lowest BCUT2D eigenvalue weighted by Crippen LogP contribution is -2.26. The van der Waals surface area contributed by atoms with Crippen LogP contribution in [0.4, 0.5) is 10.1 Å². The highest BCUT2D eigenvalue weighted by Gasteiger charge is 2.25. The van der Waals surface area contributed by atoms with Crippen LogP contribution in [0.5, 0.6) is 17.2 Å². The molecule has 1 atom stereocenters. The van der Waals surface area contributed by atoms with E-state index in [0.717, 1.165) is 73.5 Å². The van der Waals surface area contributed by atoms with Crippen molar-refractivity contribution >= 4 is 16.8 Å². The van der Waals surface area contributed by atoms with Gasteiger partial charge >= 0.3 is 0 Å². The molecule has 2 N–H and O–H groups in total. The zero-order valence-corrected chi connectivity index (χ0v) is 21.9. The van der Waals surface area contributed by atoms with E-state index in [1.165, 1.54) is 22.4 Å². The van der Waals surface area contributed by atoms with E-state index in [4.69, 9.17) is 9.47 Å². The summed E-state index contributed by atoms with van der Waals surface area (Å²) in [5.41, 5.74) is 9.08. The van der Waals surface area contributed by atoms with Gasteiger partial charge in [0.25, 0.3) is 0 Å². The number of hydrogen-bond acceptors (Lipinski definition) is 5. The van der Waals surface area contributed by atoms with Crippen molar-refractivity contribution in [1.82, 2.24) is 4.90 Å². The Kier molecular flexibility index (Phi) is 6.98. The molecule has 3 aromatic carbocycles. The average molecular weight is 515 g/mol. The number of aromatic hydroxyl groups is 1. The second-order valence-electron chi connectivity index (χ2n) is 10.5. The van der Waals surface area contributed by atoms with Gasteiger partial charge in [-0.1, -0.05) is 18.2 Å². The number of aryl methyl sites for hydroxylation is 1. The molecule has 0 aromatic heterocycles. The summed E-state index contributed by atoms with van der Waals surface area (Å²) in [6.07, 6.45) is 3.48. The SMILES string of the molecule is Cc1cc2c(cc1O)OCCC(c1ccc3c(c1)CCN3)=C2c1ccc(O[C@H]2CCN(CCCF)C2)cc1. The summed E-state index contributed by atoms with van der Waals surface area (Å²) < 4.78 is 25.0. The van der Waals surface area contributed by atoms with Crippen molar-refractivity contribution in [2.45, 2.75) is 38.7 Å². The third-order valence-electron chi connectivity index (χ3n) is 7.93. The number of fused-ring (bicyclic) bond motifs is 2. The molecule has 6 heteroatoms. The van der Waals surface area contributed by atoms with Gasteiger partial charge in [0.1, 0.15) is 23.4 Å². The number of alkyl halides is 1. The fourth-order valence-electron chi connectivity index (χ4n) is 5.93. The van der Waals surface area contributed by atoms with Crippen molar-refractivity contribution in [2.24, 2.45) is 0 Å². The van der Waals surface area contributed by atoms with Gasteiger partial charge in [-0.3, -0.25) is 9.29 Å². The molecule has 198 valence electrons. The highest BCUT2D eigenvalue weighted by molar-refractivity contribution is 6.01. The molecule has 3 aromatic rings. The third kappa shape index (κ3) is 4.97. The van der Waals surface area contributed by atoms with Crippen molar-refractivity contribution in [1.29, 1.82) is 0 Å². The Labute approximate surface area is 223 Å². The van der Waals surface area contributed by atoms with Gasteiger partial charge in [-0.25, -0.2) is 0 Å². The smallest absolute Gasteiger partial charge is 0.130 e. The van der Waals surface area contributed by atoms with E-state index in [2.05, 4.69) is 52.7 Å². The fraction of sp³-hybridized carbons (Fsp3) is 0.375. The first-order valence-electron chi connectivity index (χ1n) is 13.7. The van der Waals surface area contributed by atoms with Gasteiger partial charge in [-0.15, -0.1) is 0 Å². The Balaban J connectivity index is 1.36. The minimum atomic E-state index is -0.267. The van der Waals surface area contributed by atoms with Gasteiger partial charge in [-0.2, -0.15) is 0 Å². The number of nitrogens with one attached hydrogen (secondary N) is 1. The first-order chi connectivity index (χ1) is 18.6. The molecule has 0 saturated carbocycles. The molecular formula is C32H35FN2O3. The molecule has 6 rings (SSSR count). The molecule has 0 spiro atoms. The molecule has 3 aliphatic rings. The monoisotopic (exact) mass is 514 g/mol. The Morgan fingerprint density at radius 2 is 1.92 bits per heavy atom. The van der Waals surface area contributed by atoms with Gasteiger partial charge < -0.3 is 19.9 Å². The summed E-state index contributed by atoms with van der Waals surface area (Å²) in [5.74, 6) is 1.81. The molecule has 0 aliphatic carbocycles. The Morgan fingerprint density at radius 1 is 1.08 bits per heavy atom. The predicted molar refractivity (Wildman–Crippen MR) is 150 cm³/mol. The number of halogens is 1. The van der Waals surface area contributed by atoms with Gasteiger partial charge in [-0.05, 0) is 89.9 Å². The lowest BCUT2D eigenvalue weighted by molar-refractivity contribution is 0.198. The van der Waals surface area contributed by atoms with Crippen LogP contribution >= 0.6 is 0 Å². The van der Waals surface area contributed by atoms with Crippen LogP contribution in [0.1, 0.15) is 47.1 Å². The van der Waals surface area contributed by atoms with E-state index >= 15 is 0 Å². The Morgan fingerprint density at radius 3 is 2.76 bits per heavy atom. The number of ether oxygens (including phenoxy) is 2. The van der Waals surface area contributed by atoms with Crippen LogP contribution in [0.25, 0.3) is 11.1 Å². The molecule has 38 heavy (non-hydrogen) atoms. The largest absolute Gasteiger partial charge is 0.508 e. The number of anilines is 1. The molecule has 0 radical (unpaired) electrons. The molecule has 0 unspecified atom stereocenters. The number of nitrogens with zero attached hydrogens (tertiary/aromatic N) is 1. The van der Waals surface area contributed by atoms with Crippen molar-refractivity contribution in [3.63, 3.8) is 0 Å². The molecular weight excluding hydrogens is 479 g/mol. The highest BCUT2D eigenvalue weighted by atomic mass is 19.1. The van der Waals surface area contributed by atoms with E-state index in [1.807, 2.05) is 13.0 Å². The van der Waals surface area contributed by atoms with Gasteiger partial charge in [0.15, 0.2) is 0 Å². The van der Waals surface area contributed by atoms with Crippen LogP contribution in [-0.2, 0) is 6.42 Å². The van der Waals surface area contributed by atoms with Crippen LogP contribution in [-0.4, -0.2) is 55.6 Å². The Bertz CT molecular complexity index is 1350. The number of rotatable bonds is 7. The number of likely N-dealkylation sites (tertiary alicyclic amines) is 1. The van der Waals surface area contributed by atoms with Crippen LogP contribution < -0.4 is 14.8 Å². The quantitative estimate of drug-likeness (QED) is 0.392. The van der Waals surface area contributed by atoms with Crippen LogP contribution in [0, 0.1) is 6.92 Å². The second-order valence-corrected chi connectivity index (χ2v) is 10.5. The van der Waals surface area contributed by atoms with Crippen molar-refractivity contribution in [3.05, 3.63) is 82.4 Å². The molecule has 0 bridgehead atoms. The summed E-state index contributed by atoms with van der Waals surface area (Å²) >= 11 is 0. The number of phenols is 1. The van der Waals surface area contributed by atoms with Crippen LogP contribution in [0.15, 0.2) is 54.6 Å². The third-order valence-corrected chi connectivity index (χ3v) is 7.93. The predicted octanol–water partition coefficient (Wildman–Crippen LogP) is 6.22. The van der Waals surface area contributed by atoms with Gasteiger partial charge in [0, 0.05) is 49.9 Å². The van der Waals surface area contributed by atoms with Crippen molar-refractivity contribution in [3.8, 4) is 17.2 Å². The van der Waals surface area contributed by atoms with Crippen molar-refractivity contribution in [2.75, 3.05) is 44.8 Å². The standard InChI is InChI=1S/C32H35FN2O3/c1-21-17-28-31(19-30(21)36)37-16-11-27(23-5-8-29-24(18-23)9-13-34-29)32(28)22-3-6-25(7-4-22)38-26-10-15-35(20-26)14-2-12-33/h3-8,17-19,26,34,36H,2,9-16,20H2,1H3/t26-/m0/s1. The minimum absolute atomic E-state index is 0.132. The van der Waals surface area contributed by atoms with E-state index in [1.54, 1.807) is 6.07 Å². The fourth-order valence-corrected chi connectivity index (χ4v) is 5.93. The maximum absolute atomic E-state index is 12.6. The molecule has 3 heterocycles. The van der Waals surface area contributed by atoms with Gasteiger partial charge in [0.2, 0.25) is 0 Å². The van der Waals surface area contributed by atoms with E-state index < -0.39 is 0 Å². The number of phenolic OH excluding ortho intramolecular Hbond substituents is 1. The molecule has 5 nitrogen and oxygen atoms in total. The topological polar surface area (TPSA) is 54.0 Å². The summed E-state index contributed by atoms with van der Waals surface area (Å²) in [4.78, 5) is 2.28. The van der Waals surface area contributed by atoms with E-state index in [9.17, 15) is 9.50 Å². The highest BCUT2D eigenvalue weighted by Crippen LogP contribution is 2.44. The lowest BCUT2D eigenvalue weighted by Gasteiger charge is -2.19. The Hall–Kier alpha value is -3.51. The normalized spacial score (nSPS) is 18.9. The summed E-state index contributed by atoms with van der Waals surface area (Å²) in [6.45, 7) is 5.78. The molecule has 0 amide bonds. The summed E-state index contributed by atoms with van der Waals surface area (Å²) in [6, 6.07) is 18.9. The van der Waals surface area contributed by atoms with Crippen LogP contribution in [0.2, 0.25) is 0 Å². The van der Waals surface area contributed by atoms with Crippen LogP contribution in [0.3, 0.4) is 0 Å². The maximum atomic E-state index is 12.6. The second kappa shape index (κ2) is 10.7.